The Bertz CT molecular complexity index is 788. The first-order chi connectivity index (χ1) is 10.5. The predicted octanol–water partition coefficient (Wildman–Crippen LogP) is 2.05. The highest BCUT2D eigenvalue weighted by Crippen LogP contribution is 2.20. The average molecular weight is 309 g/mol. The molecule has 0 spiro atoms. The third-order valence-corrected chi connectivity index (χ3v) is 3.78. The molecule has 0 fully saturated rings. The van der Waals surface area contributed by atoms with Gasteiger partial charge in [-0.2, -0.15) is 0 Å². The lowest BCUT2D eigenvalue weighted by Crippen LogP contribution is -2.35. The van der Waals surface area contributed by atoms with Crippen LogP contribution in [0.25, 0.3) is 0 Å². The molecule has 2 heterocycles. The predicted molar refractivity (Wildman–Crippen MR) is 73.7 cm³/mol. The van der Waals surface area contributed by atoms with Gasteiger partial charge in [0.25, 0.3) is 5.56 Å². The van der Waals surface area contributed by atoms with Crippen LogP contribution in [-0.2, 0) is 19.5 Å². The van der Waals surface area contributed by atoms with Gasteiger partial charge in [0.05, 0.1) is 11.3 Å². The first-order valence-corrected chi connectivity index (χ1v) is 6.89. The van der Waals surface area contributed by atoms with Crippen LogP contribution in [0.1, 0.15) is 22.6 Å². The second-order valence-corrected chi connectivity index (χ2v) is 5.37. The van der Waals surface area contributed by atoms with Crippen LogP contribution in [0.5, 0.6) is 0 Å². The molecule has 1 N–H and O–H groups in total. The number of nitrogens with zero attached hydrogens (tertiary/aromatic N) is 2. The number of benzene rings is 1. The number of aryl methyl sites for hydroxylation is 1. The standard InChI is InChI=1S/C15H14F3N3O/c1-8-19-12-4-5-21(7-10(12)15(22)20-8)6-9-2-3-11(16)14(18)13(9)17/h2-3H,4-7H2,1H3,(H,19,20,22). The van der Waals surface area contributed by atoms with Crippen LogP contribution in [0.3, 0.4) is 0 Å². The monoisotopic (exact) mass is 309 g/mol. The summed E-state index contributed by atoms with van der Waals surface area (Å²) in [6.07, 6.45) is 0.561. The topological polar surface area (TPSA) is 49.0 Å². The van der Waals surface area contributed by atoms with Gasteiger partial charge in [0.15, 0.2) is 17.5 Å². The van der Waals surface area contributed by atoms with Crippen molar-refractivity contribution in [1.82, 2.24) is 14.9 Å². The number of fused-ring (bicyclic) bond motifs is 1. The first kappa shape index (κ1) is 14.8. The van der Waals surface area contributed by atoms with E-state index >= 15 is 0 Å². The minimum atomic E-state index is -1.47. The summed E-state index contributed by atoms with van der Waals surface area (Å²) < 4.78 is 39.9. The molecule has 1 aromatic carbocycles. The molecule has 7 heteroatoms. The largest absolute Gasteiger partial charge is 0.310 e. The van der Waals surface area contributed by atoms with E-state index in [2.05, 4.69) is 9.97 Å². The molecule has 1 aromatic heterocycles. The Balaban J connectivity index is 1.84. The molecular weight excluding hydrogens is 295 g/mol. The number of rotatable bonds is 2. The van der Waals surface area contributed by atoms with Crippen molar-refractivity contribution in [2.24, 2.45) is 0 Å². The number of aromatic nitrogens is 2. The van der Waals surface area contributed by atoms with E-state index in [0.29, 0.717) is 30.9 Å². The minimum absolute atomic E-state index is 0.0684. The van der Waals surface area contributed by atoms with Crippen molar-refractivity contribution in [1.29, 1.82) is 0 Å². The van der Waals surface area contributed by atoms with E-state index < -0.39 is 17.5 Å². The first-order valence-electron chi connectivity index (χ1n) is 6.89. The number of H-pyrrole nitrogens is 1. The zero-order valence-electron chi connectivity index (χ0n) is 11.9. The normalized spacial score (nSPS) is 14.9. The van der Waals surface area contributed by atoms with Gasteiger partial charge < -0.3 is 4.98 Å². The molecule has 1 aliphatic rings. The summed E-state index contributed by atoms with van der Waals surface area (Å²) in [6.45, 7) is 2.69. The van der Waals surface area contributed by atoms with Gasteiger partial charge in [-0.15, -0.1) is 0 Å². The summed E-state index contributed by atoms with van der Waals surface area (Å²) >= 11 is 0. The summed E-state index contributed by atoms with van der Waals surface area (Å²) in [7, 11) is 0. The Hall–Kier alpha value is -2.15. The lowest BCUT2D eigenvalue weighted by molar-refractivity contribution is 0.236. The van der Waals surface area contributed by atoms with Crippen LogP contribution >= 0.6 is 0 Å². The highest BCUT2D eigenvalue weighted by atomic mass is 19.2. The van der Waals surface area contributed by atoms with Gasteiger partial charge in [-0.25, -0.2) is 18.2 Å². The van der Waals surface area contributed by atoms with E-state index in [1.54, 1.807) is 6.92 Å². The molecule has 4 nitrogen and oxygen atoms in total. The molecule has 0 saturated heterocycles. The van der Waals surface area contributed by atoms with Crippen molar-refractivity contribution in [3.63, 3.8) is 0 Å². The molecule has 0 atom stereocenters. The molecule has 0 unspecified atom stereocenters. The Morgan fingerprint density at radius 1 is 1.27 bits per heavy atom. The smallest absolute Gasteiger partial charge is 0.255 e. The molecule has 2 aromatic rings. The van der Waals surface area contributed by atoms with Crippen molar-refractivity contribution >= 4 is 0 Å². The third-order valence-electron chi connectivity index (χ3n) is 3.78. The fraction of sp³-hybridized carbons (Fsp3) is 0.333. The number of aromatic amines is 1. The molecule has 0 bridgehead atoms. The molecule has 3 rings (SSSR count). The quantitative estimate of drug-likeness (QED) is 0.864. The van der Waals surface area contributed by atoms with E-state index in [0.717, 1.165) is 11.8 Å². The van der Waals surface area contributed by atoms with Crippen LogP contribution in [0, 0.1) is 24.4 Å². The lowest BCUT2D eigenvalue weighted by Gasteiger charge is -2.27. The van der Waals surface area contributed by atoms with Crippen LogP contribution in [0.15, 0.2) is 16.9 Å². The van der Waals surface area contributed by atoms with Crippen LogP contribution in [0.2, 0.25) is 0 Å². The maximum absolute atomic E-state index is 13.7. The van der Waals surface area contributed by atoms with E-state index in [-0.39, 0.29) is 17.7 Å². The van der Waals surface area contributed by atoms with Crippen LogP contribution in [0.4, 0.5) is 13.2 Å². The molecule has 1 aliphatic heterocycles. The van der Waals surface area contributed by atoms with Gasteiger partial charge in [-0.3, -0.25) is 9.69 Å². The van der Waals surface area contributed by atoms with Gasteiger partial charge >= 0.3 is 0 Å². The number of nitrogens with one attached hydrogen (secondary N) is 1. The summed E-state index contributed by atoms with van der Waals surface area (Å²) in [6, 6.07) is 2.13. The molecule has 0 amide bonds. The summed E-state index contributed by atoms with van der Waals surface area (Å²) in [5.41, 5.74) is 1.14. The summed E-state index contributed by atoms with van der Waals surface area (Å²) in [5.74, 6) is -3.29. The maximum atomic E-state index is 13.7. The third kappa shape index (κ3) is 2.64. The second-order valence-electron chi connectivity index (χ2n) is 5.37. The van der Waals surface area contributed by atoms with Gasteiger partial charge in [0.2, 0.25) is 0 Å². The SMILES string of the molecule is Cc1nc2c(c(=O)[nH]1)CN(Cc1ccc(F)c(F)c1F)CC2. The summed E-state index contributed by atoms with van der Waals surface area (Å²) in [4.78, 5) is 20.7. The van der Waals surface area contributed by atoms with E-state index in [9.17, 15) is 18.0 Å². The fourth-order valence-corrected chi connectivity index (χ4v) is 2.67. The highest BCUT2D eigenvalue weighted by molar-refractivity contribution is 5.23. The minimum Gasteiger partial charge on any atom is -0.310 e. The van der Waals surface area contributed by atoms with Crippen molar-refractivity contribution in [3.05, 3.63) is 62.6 Å². The Labute approximate surface area is 124 Å². The molecule has 0 radical (unpaired) electrons. The maximum Gasteiger partial charge on any atom is 0.255 e. The Kier molecular flexibility index (Phi) is 3.74. The van der Waals surface area contributed by atoms with Crippen molar-refractivity contribution in [3.8, 4) is 0 Å². The van der Waals surface area contributed by atoms with Crippen LogP contribution in [-0.4, -0.2) is 21.4 Å². The molecule has 22 heavy (non-hydrogen) atoms. The zero-order valence-corrected chi connectivity index (χ0v) is 11.9. The van der Waals surface area contributed by atoms with E-state index in [4.69, 9.17) is 0 Å². The van der Waals surface area contributed by atoms with Gasteiger partial charge in [-0.05, 0) is 13.0 Å². The number of hydrogen-bond acceptors (Lipinski definition) is 3. The Morgan fingerprint density at radius 2 is 2.05 bits per heavy atom. The molecule has 116 valence electrons. The molecule has 0 aliphatic carbocycles. The van der Waals surface area contributed by atoms with Gasteiger partial charge in [0, 0.05) is 31.6 Å². The van der Waals surface area contributed by atoms with Crippen molar-refractivity contribution in [2.75, 3.05) is 6.54 Å². The lowest BCUT2D eigenvalue weighted by atomic mass is 10.1. The number of hydrogen-bond donors (Lipinski definition) is 1. The molecular formula is C15H14F3N3O. The molecule has 0 saturated carbocycles. The number of halogens is 3. The van der Waals surface area contributed by atoms with Gasteiger partial charge in [-0.1, -0.05) is 6.07 Å². The highest BCUT2D eigenvalue weighted by Gasteiger charge is 2.22. The zero-order chi connectivity index (χ0) is 15.9. The van der Waals surface area contributed by atoms with E-state index in [1.165, 1.54) is 6.07 Å². The van der Waals surface area contributed by atoms with E-state index in [1.807, 2.05) is 4.90 Å². The van der Waals surface area contributed by atoms with Crippen molar-refractivity contribution in [2.45, 2.75) is 26.4 Å². The van der Waals surface area contributed by atoms with Crippen molar-refractivity contribution < 1.29 is 13.2 Å². The average Bonchev–Trinajstić information content (AvgIpc) is 2.48. The second kappa shape index (κ2) is 5.57. The fourth-order valence-electron chi connectivity index (χ4n) is 2.67. The summed E-state index contributed by atoms with van der Waals surface area (Å²) in [5, 5.41) is 0. The Morgan fingerprint density at radius 3 is 2.82 bits per heavy atom. The van der Waals surface area contributed by atoms with Crippen LogP contribution < -0.4 is 5.56 Å². The van der Waals surface area contributed by atoms with Gasteiger partial charge in [0.1, 0.15) is 5.82 Å².